The number of carboxylic acids is 2. The van der Waals surface area contributed by atoms with Gasteiger partial charge in [0.2, 0.25) is 0 Å². The van der Waals surface area contributed by atoms with Gasteiger partial charge in [0.15, 0.2) is 0 Å². The van der Waals surface area contributed by atoms with E-state index >= 15 is 0 Å². The van der Waals surface area contributed by atoms with Crippen LogP contribution in [0.2, 0.25) is 0 Å². The van der Waals surface area contributed by atoms with Gasteiger partial charge in [0, 0.05) is 50.7 Å². The van der Waals surface area contributed by atoms with Gasteiger partial charge in [-0.2, -0.15) is 0 Å². The van der Waals surface area contributed by atoms with Gasteiger partial charge in [-0.15, -0.1) is 0 Å². The van der Waals surface area contributed by atoms with Crippen molar-refractivity contribution in [1.29, 1.82) is 0 Å². The van der Waals surface area contributed by atoms with Crippen molar-refractivity contribution in [3.8, 4) is 11.5 Å². The van der Waals surface area contributed by atoms with E-state index in [-0.39, 0.29) is 39.3 Å². The number of ether oxygens (including phenoxy) is 2. The molecular weight excluding hydrogens is 628 g/mol. The van der Waals surface area contributed by atoms with Crippen LogP contribution in [0.3, 0.4) is 0 Å². The summed E-state index contributed by atoms with van der Waals surface area (Å²) in [5.74, 6) is -2.38. The van der Waals surface area contributed by atoms with Gasteiger partial charge >= 0.3 is 0 Å². The molecule has 0 aromatic heterocycles. The predicted octanol–water partition coefficient (Wildman–Crippen LogP) is 3.74. The first-order chi connectivity index (χ1) is 21.1. The topological polar surface area (TPSA) is 157 Å². The molecule has 239 valence electrons. The third-order valence-electron chi connectivity index (χ3n) is 6.61. The van der Waals surface area contributed by atoms with Crippen molar-refractivity contribution < 1.29 is 55.9 Å². The average Bonchev–Trinajstić information content (AvgIpc) is 3.04. The Morgan fingerprint density at radius 2 is 0.889 bits per heavy atom. The molecule has 0 aliphatic rings. The van der Waals surface area contributed by atoms with Gasteiger partial charge in [-0.25, -0.2) is 0 Å². The molecule has 0 spiro atoms. The fourth-order valence-corrected chi connectivity index (χ4v) is 4.10. The van der Waals surface area contributed by atoms with Crippen molar-refractivity contribution in [2.45, 2.75) is 26.7 Å². The number of rotatable bonds is 10. The number of carbonyl (C=O) groups excluding carboxylic acids is 4. The van der Waals surface area contributed by atoms with E-state index in [0.717, 1.165) is 11.1 Å². The van der Waals surface area contributed by atoms with Crippen LogP contribution in [-0.2, 0) is 29.9 Å². The Bertz CT molecular complexity index is 1510. The molecule has 4 rings (SSSR count). The maximum absolute atomic E-state index is 12.3. The Balaban J connectivity index is 0.000000307. The number of aromatic carboxylic acids is 2. The molecule has 11 heteroatoms. The number of hydrogen-bond donors (Lipinski definition) is 2. The van der Waals surface area contributed by atoms with Crippen molar-refractivity contribution >= 4 is 35.1 Å². The van der Waals surface area contributed by atoms with Crippen LogP contribution in [-0.4, -0.2) is 38.0 Å². The molecule has 2 amide bonds. The summed E-state index contributed by atoms with van der Waals surface area (Å²) in [4.78, 5) is 47.0. The summed E-state index contributed by atoms with van der Waals surface area (Å²) in [5, 5.41) is 27.6. The zero-order chi connectivity index (χ0) is 32.2. The Morgan fingerprint density at radius 3 is 1.16 bits per heavy atom. The fraction of sp³-hybridized carbons (Fsp3) is 0.176. The van der Waals surface area contributed by atoms with E-state index in [4.69, 9.17) is 9.47 Å². The molecule has 10 nitrogen and oxygen atoms in total. The summed E-state index contributed by atoms with van der Waals surface area (Å²) < 4.78 is 10.1. The summed E-state index contributed by atoms with van der Waals surface area (Å²) >= 11 is 0. The molecule has 0 saturated carbocycles. The SMILES string of the molecule is CCc1ccc(C(=O)[O-])c(C(=O)Nc2ccc(OC)cc2)c1.CCc1ccc(C(=O)[O-])c(C(=O)Nc2ccc(OC)cc2)c1.[Cu]. The van der Waals surface area contributed by atoms with Crippen LogP contribution in [0.5, 0.6) is 11.5 Å². The molecule has 4 aromatic rings. The minimum Gasteiger partial charge on any atom is -0.545 e. The summed E-state index contributed by atoms with van der Waals surface area (Å²) in [7, 11) is 3.10. The predicted molar refractivity (Wildman–Crippen MR) is 162 cm³/mol. The molecule has 0 fully saturated rings. The van der Waals surface area contributed by atoms with Crippen LogP contribution in [0.4, 0.5) is 11.4 Å². The monoisotopic (exact) mass is 659 g/mol. The van der Waals surface area contributed by atoms with Gasteiger partial charge in [0.25, 0.3) is 11.8 Å². The van der Waals surface area contributed by atoms with Crippen molar-refractivity contribution in [2.24, 2.45) is 0 Å². The molecule has 0 saturated heterocycles. The van der Waals surface area contributed by atoms with Gasteiger partial charge in [-0.05, 0) is 84.6 Å². The smallest absolute Gasteiger partial charge is 0.256 e. The summed E-state index contributed by atoms with van der Waals surface area (Å²) in [6.45, 7) is 3.86. The van der Waals surface area contributed by atoms with Crippen LogP contribution in [0.15, 0.2) is 84.9 Å². The van der Waals surface area contributed by atoms with E-state index in [1.54, 1.807) is 87.0 Å². The van der Waals surface area contributed by atoms with Crippen LogP contribution < -0.4 is 30.3 Å². The fourth-order valence-electron chi connectivity index (χ4n) is 4.10. The van der Waals surface area contributed by atoms with Gasteiger partial charge in [-0.3, -0.25) is 9.59 Å². The standard InChI is InChI=1S/2C17H17NO4.Cu/c2*1-3-11-4-9-14(17(20)21)15(10-11)16(19)18-12-5-7-13(22-2)8-6-12;/h2*4-10H,3H2,1-2H3,(H,18,19)(H,20,21);/p-2. The second kappa shape index (κ2) is 17.2. The molecule has 4 aromatic carbocycles. The molecule has 0 bridgehead atoms. The van der Waals surface area contributed by atoms with Crippen LogP contribution in [0, 0.1) is 0 Å². The quantitative estimate of drug-likeness (QED) is 0.244. The number of anilines is 2. The molecular formula is C34H32CuN2O8-2. The Hall–Kier alpha value is -5.12. The maximum Gasteiger partial charge on any atom is 0.256 e. The number of methoxy groups -OCH3 is 2. The molecule has 0 unspecified atom stereocenters. The number of nitrogens with one attached hydrogen (secondary N) is 2. The molecule has 1 radical (unpaired) electrons. The Kier molecular flexibility index (Phi) is 13.8. The third kappa shape index (κ3) is 9.96. The van der Waals surface area contributed by atoms with E-state index in [2.05, 4.69) is 10.6 Å². The van der Waals surface area contributed by atoms with E-state index in [1.807, 2.05) is 13.8 Å². The second-order valence-electron chi connectivity index (χ2n) is 9.41. The normalized spacial score (nSPS) is 9.87. The second-order valence-corrected chi connectivity index (χ2v) is 9.41. The molecule has 0 heterocycles. The van der Waals surface area contributed by atoms with E-state index in [9.17, 15) is 29.4 Å². The number of benzene rings is 4. The molecule has 2 N–H and O–H groups in total. The van der Waals surface area contributed by atoms with Crippen LogP contribution in [0.1, 0.15) is 66.4 Å². The first-order valence-electron chi connectivity index (χ1n) is 13.7. The van der Waals surface area contributed by atoms with Crippen LogP contribution >= 0.6 is 0 Å². The first-order valence-corrected chi connectivity index (χ1v) is 13.7. The van der Waals surface area contributed by atoms with Gasteiger partial charge in [-0.1, -0.05) is 38.1 Å². The van der Waals surface area contributed by atoms with Crippen molar-refractivity contribution in [3.63, 3.8) is 0 Å². The number of carboxylic acid groups (broad SMARTS) is 2. The summed E-state index contributed by atoms with van der Waals surface area (Å²) in [6, 6.07) is 22.8. The third-order valence-corrected chi connectivity index (χ3v) is 6.61. The van der Waals surface area contributed by atoms with Crippen molar-refractivity contribution in [3.05, 3.63) is 118 Å². The molecule has 0 atom stereocenters. The van der Waals surface area contributed by atoms with Gasteiger partial charge in [0.1, 0.15) is 11.5 Å². The average molecular weight is 660 g/mol. The zero-order valence-corrected chi connectivity index (χ0v) is 26.0. The number of carbonyl (C=O) groups is 4. The largest absolute Gasteiger partial charge is 0.545 e. The van der Waals surface area contributed by atoms with E-state index in [0.29, 0.717) is 35.7 Å². The zero-order valence-electron chi connectivity index (χ0n) is 25.1. The Morgan fingerprint density at radius 1 is 0.556 bits per heavy atom. The Labute approximate surface area is 271 Å². The summed E-state index contributed by atoms with van der Waals surface area (Å²) in [6.07, 6.45) is 1.41. The van der Waals surface area contributed by atoms with E-state index in [1.165, 1.54) is 12.1 Å². The summed E-state index contributed by atoms with van der Waals surface area (Å²) in [5.41, 5.74) is 2.81. The van der Waals surface area contributed by atoms with Gasteiger partial charge < -0.3 is 39.9 Å². The number of amides is 2. The number of hydrogen-bond acceptors (Lipinski definition) is 8. The van der Waals surface area contributed by atoms with Crippen molar-refractivity contribution in [2.75, 3.05) is 24.9 Å². The van der Waals surface area contributed by atoms with Gasteiger partial charge in [0.05, 0.1) is 26.2 Å². The first kappa shape index (κ1) is 36.1. The maximum atomic E-state index is 12.3. The minimum atomic E-state index is -1.37. The van der Waals surface area contributed by atoms with Crippen LogP contribution in [0.25, 0.3) is 0 Å². The number of aryl methyl sites for hydroxylation is 2. The minimum absolute atomic E-state index is 0. The van der Waals surface area contributed by atoms with E-state index < -0.39 is 23.8 Å². The van der Waals surface area contributed by atoms with Crippen molar-refractivity contribution in [1.82, 2.24) is 0 Å². The molecule has 0 aliphatic carbocycles. The molecule has 0 aliphatic heterocycles. The molecule has 45 heavy (non-hydrogen) atoms.